The van der Waals surface area contributed by atoms with Gasteiger partial charge in [0.1, 0.15) is 5.54 Å². The quantitative estimate of drug-likeness (QED) is 0.642. The van der Waals surface area contributed by atoms with E-state index >= 15 is 0 Å². The van der Waals surface area contributed by atoms with Crippen LogP contribution in [0.1, 0.15) is 39.5 Å². The molecule has 2 N–H and O–H groups in total. The van der Waals surface area contributed by atoms with Crippen molar-refractivity contribution >= 4 is 11.8 Å². The number of hydrogen-bond donors (Lipinski definition) is 1. The minimum Gasteiger partial charge on any atom is -0.314 e. The van der Waals surface area contributed by atoms with Gasteiger partial charge in [0, 0.05) is 0 Å². The fourth-order valence-electron chi connectivity index (χ4n) is 0.896. The molecule has 0 bridgehead atoms. The molecule has 0 amide bonds. The zero-order valence-electron chi connectivity index (χ0n) is 8.68. The van der Waals surface area contributed by atoms with Crippen LogP contribution in [0.15, 0.2) is 0 Å². The maximum Gasteiger partial charge on any atom is 0.102 e. The molecule has 0 saturated carbocycles. The highest BCUT2D eigenvalue weighted by molar-refractivity contribution is 7.99. The highest BCUT2D eigenvalue weighted by atomic mass is 32.2. The molecule has 0 rings (SSSR count). The predicted octanol–water partition coefficient (Wildman–Crippen LogP) is 2.54. The van der Waals surface area contributed by atoms with Gasteiger partial charge in [-0.3, -0.25) is 0 Å². The van der Waals surface area contributed by atoms with Crippen LogP contribution in [0, 0.1) is 11.3 Å². The van der Waals surface area contributed by atoms with Crippen molar-refractivity contribution in [3.05, 3.63) is 0 Å². The lowest BCUT2D eigenvalue weighted by atomic mass is 10.0. The summed E-state index contributed by atoms with van der Waals surface area (Å²) in [5.41, 5.74) is 5.06. The first kappa shape index (κ1) is 12.8. The van der Waals surface area contributed by atoms with Crippen LogP contribution in [-0.2, 0) is 0 Å². The molecule has 0 aliphatic rings. The van der Waals surface area contributed by atoms with Crippen LogP contribution in [-0.4, -0.2) is 17.0 Å². The van der Waals surface area contributed by atoms with Crippen LogP contribution in [0.5, 0.6) is 0 Å². The Balaban J connectivity index is 3.22. The van der Waals surface area contributed by atoms with Gasteiger partial charge in [-0.05, 0) is 31.3 Å². The summed E-state index contributed by atoms with van der Waals surface area (Å²) in [6, 6.07) is 2.11. The zero-order chi connectivity index (χ0) is 10.2. The first-order valence-corrected chi connectivity index (χ1v) is 6.05. The van der Waals surface area contributed by atoms with Gasteiger partial charge in [0.15, 0.2) is 0 Å². The molecule has 0 spiro atoms. The Kier molecular flexibility index (Phi) is 7.12. The molecule has 13 heavy (non-hydrogen) atoms. The molecular formula is C10H20N2S. The van der Waals surface area contributed by atoms with Crippen LogP contribution < -0.4 is 5.73 Å². The molecular weight excluding hydrogens is 180 g/mol. The van der Waals surface area contributed by atoms with Crippen LogP contribution >= 0.6 is 11.8 Å². The summed E-state index contributed by atoms with van der Waals surface area (Å²) in [4.78, 5) is 0. The van der Waals surface area contributed by atoms with Crippen molar-refractivity contribution < 1.29 is 0 Å². The van der Waals surface area contributed by atoms with Crippen molar-refractivity contribution in [1.82, 2.24) is 0 Å². The maximum absolute atomic E-state index is 8.65. The Bertz CT molecular complexity index is 161. The van der Waals surface area contributed by atoms with Crippen LogP contribution in [0.4, 0.5) is 0 Å². The number of unbranched alkanes of at least 4 members (excludes halogenated alkanes) is 2. The van der Waals surface area contributed by atoms with Crippen molar-refractivity contribution in [2.75, 3.05) is 11.5 Å². The summed E-state index contributed by atoms with van der Waals surface area (Å²) in [5.74, 6) is 2.21. The third-order valence-corrected chi connectivity index (χ3v) is 2.98. The summed E-state index contributed by atoms with van der Waals surface area (Å²) in [6.45, 7) is 4.00. The molecule has 0 aromatic heterocycles. The van der Waals surface area contributed by atoms with Crippen LogP contribution in [0.3, 0.4) is 0 Å². The maximum atomic E-state index is 8.65. The fourth-order valence-corrected chi connectivity index (χ4v) is 2.08. The Morgan fingerprint density at radius 1 is 1.38 bits per heavy atom. The topological polar surface area (TPSA) is 49.8 Å². The lowest BCUT2D eigenvalue weighted by Gasteiger charge is -2.13. The standard InChI is InChI=1S/C10H20N2S/c1-3-4-5-7-13-8-6-10(2,12)9-11/h3-8,12H2,1-2H3. The molecule has 0 aliphatic carbocycles. The van der Waals surface area contributed by atoms with Gasteiger partial charge in [0.05, 0.1) is 6.07 Å². The van der Waals surface area contributed by atoms with Gasteiger partial charge in [0.25, 0.3) is 0 Å². The zero-order valence-corrected chi connectivity index (χ0v) is 9.49. The number of hydrogen-bond acceptors (Lipinski definition) is 3. The summed E-state index contributed by atoms with van der Waals surface area (Å²) in [6.07, 6.45) is 4.66. The van der Waals surface area contributed by atoms with Gasteiger partial charge in [-0.25, -0.2) is 0 Å². The molecule has 0 aromatic carbocycles. The summed E-state index contributed by atoms with van der Waals surface area (Å²) < 4.78 is 0. The lowest BCUT2D eigenvalue weighted by Crippen LogP contribution is -2.34. The third-order valence-electron chi connectivity index (χ3n) is 1.91. The first-order chi connectivity index (χ1) is 6.12. The summed E-state index contributed by atoms with van der Waals surface area (Å²) >= 11 is 1.90. The Morgan fingerprint density at radius 3 is 2.62 bits per heavy atom. The summed E-state index contributed by atoms with van der Waals surface area (Å²) in [5, 5.41) is 8.65. The molecule has 1 unspecified atom stereocenters. The molecule has 0 aliphatic heterocycles. The fraction of sp³-hybridized carbons (Fsp3) is 0.900. The van der Waals surface area contributed by atoms with Gasteiger partial charge < -0.3 is 5.73 Å². The minimum atomic E-state index is -0.627. The van der Waals surface area contributed by atoms with E-state index in [-0.39, 0.29) is 0 Å². The molecule has 76 valence electrons. The van der Waals surface area contributed by atoms with E-state index in [1.165, 1.54) is 25.0 Å². The molecule has 2 nitrogen and oxygen atoms in total. The predicted molar refractivity (Wildman–Crippen MR) is 59.7 cm³/mol. The third kappa shape index (κ3) is 8.14. The van der Waals surface area contributed by atoms with Gasteiger partial charge in [-0.2, -0.15) is 17.0 Å². The molecule has 0 fully saturated rings. The van der Waals surface area contributed by atoms with E-state index in [9.17, 15) is 0 Å². The average molecular weight is 200 g/mol. The monoisotopic (exact) mass is 200 g/mol. The minimum absolute atomic E-state index is 0.627. The highest BCUT2D eigenvalue weighted by Gasteiger charge is 2.15. The second-order valence-electron chi connectivity index (χ2n) is 3.60. The van der Waals surface area contributed by atoms with Gasteiger partial charge in [-0.1, -0.05) is 19.8 Å². The van der Waals surface area contributed by atoms with Gasteiger partial charge in [0.2, 0.25) is 0 Å². The lowest BCUT2D eigenvalue weighted by molar-refractivity contribution is 0.583. The van der Waals surface area contributed by atoms with E-state index in [0.717, 1.165) is 12.2 Å². The Labute approximate surface area is 85.9 Å². The smallest absolute Gasteiger partial charge is 0.102 e. The molecule has 0 aromatic rings. The van der Waals surface area contributed by atoms with Gasteiger partial charge in [-0.15, -0.1) is 0 Å². The van der Waals surface area contributed by atoms with Crippen molar-refractivity contribution in [2.24, 2.45) is 5.73 Å². The molecule has 3 heteroatoms. The van der Waals surface area contributed by atoms with E-state index in [1.54, 1.807) is 6.92 Å². The van der Waals surface area contributed by atoms with Crippen LogP contribution in [0.2, 0.25) is 0 Å². The van der Waals surface area contributed by atoms with Crippen LogP contribution in [0.25, 0.3) is 0 Å². The average Bonchev–Trinajstić information content (AvgIpc) is 2.11. The molecule has 0 saturated heterocycles. The number of rotatable bonds is 7. The second kappa shape index (κ2) is 7.23. The van der Waals surface area contributed by atoms with E-state index in [0.29, 0.717) is 0 Å². The van der Waals surface area contributed by atoms with Crippen molar-refractivity contribution in [1.29, 1.82) is 5.26 Å². The van der Waals surface area contributed by atoms with E-state index in [1.807, 2.05) is 11.8 Å². The van der Waals surface area contributed by atoms with E-state index in [4.69, 9.17) is 11.0 Å². The number of nitriles is 1. The normalized spacial score (nSPS) is 14.9. The molecule has 0 radical (unpaired) electrons. The van der Waals surface area contributed by atoms with Gasteiger partial charge >= 0.3 is 0 Å². The Hall–Kier alpha value is -0.200. The van der Waals surface area contributed by atoms with E-state index < -0.39 is 5.54 Å². The van der Waals surface area contributed by atoms with Crippen molar-refractivity contribution in [2.45, 2.75) is 45.1 Å². The van der Waals surface area contributed by atoms with Crippen molar-refractivity contribution in [3.63, 3.8) is 0 Å². The SMILES string of the molecule is CCCCCSCCC(C)(N)C#N. The number of thioether (sulfide) groups is 1. The summed E-state index contributed by atoms with van der Waals surface area (Å²) in [7, 11) is 0. The largest absolute Gasteiger partial charge is 0.314 e. The van der Waals surface area contributed by atoms with Crippen molar-refractivity contribution in [3.8, 4) is 6.07 Å². The first-order valence-electron chi connectivity index (χ1n) is 4.90. The Morgan fingerprint density at radius 2 is 2.08 bits per heavy atom. The molecule has 0 heterocycles. The van der Waals surface area contributed by atoms with E-state index in [2.05, 4.69) is 13.0 Å². The second-order valence-corrected chi connectivity index (χ2v) is 4.82. The molecule has 1 atom stereocenters. The number of nitrogens with zero attached hydrogens (tertiary/aromatic N) is 1. The number of nitrogens with two attached hydrogens (primary N) is 1. The highest BCUT2D eigenvalue weighted by Crippen LogP contribution is 2.12.